The second kappa shape index (κ2) is 7.28. The Morgan fingerprint density at radius 2 is 1.18 bits per heavy atom. The van der Waals surface area contributed by atoms with Crippen molar-refractivity contribution in [2.24, 2.45) is 0 Å². The van der Waals surface area contributed by atoms with Gasteiger partial charge in [0.25, 0.3) is 0 Å². The smallest absolute Gasteiger partial charge is 0.0740 e. The molecule has 7 aromatic rings. The maximum atomic E-state index is 5.16. The molecule has 0 aliphatic heterocycles. The second-order valence-corrected chi connectivity index (χ2v) is 11.3. The SMILES string of the molecule is c1ccc2c(c1)-c1ccccc1C21c2cccc(-c3ccc4ccccc4n3)c2-c2sc3ccccc3c21. The molecule has 0 amide bonds. The molecule has 1 nitrogen and oxygen atoms in total. The fourth-order valence-electron chi connectivity index (χ4n) is 7.06. The lowest BCUT2D eigenvalue weighted by Crippen LogP contribution is -2.25. The molecular formula is C36H21NS. The molecule has 1 spiro atoms. The molecule has 0 saturated carbocycles. The van der Waals surface area contributed by atoms with E-state index in [0.717, 1.165) is 11.2 Å². The minimum Gasteiger partial charge on any atom is -0.248 e. The van der Waals surface area contributed by atoms with Gasteiger partial charge in [-0.2, -0.15) is 0 Å². The number of rotatable bonds is 1. The van der Waals surface area contributed by atoms with Crippen LogP contribution < -0.4 is 0 Å². The molecule has 5 aromatic carbocycles. The van der Waals surface area contributed by atoms with Crippen molar-refractivity contribution in [1.82, 2.24) is 4.98 Å². The van der Waals surface area contributed by atoms with E-state index in [1.54, 1.807) is 0 Å². The third kappa shape index (κ3) is 2.39. The third-order valence-electron chi connectivity index (χ3n) is 8.49. The van der Waals surface area contributed by atoms with Crippen LogP contribution in [0.3, 0.4) is 0 Å². The van der Waals surface area contributed by atoms with E-state index in [1.807, 2.05) is 11.3 Å². The molecule has 176 valence electrons. The zero-order chi connectivity index (χ0) is 24.8. The normalized spacial score (nSPS) is 14.0. The first-order chi connectivity index (χ1) is 18.9. The summed E-state index contributed by atoms with van der Waals surface area (Å²) in [6, 6.07) is 46.6. The molecule has 0 N–H and O–H groups in total. The molecule has 38 heavy (non-hydrogen) atoms. The monoisotopic (exact) mass is 499 g/mol. The molecule has 2 aliphatic carbocycles. The van der Waals surface area contributed by atoms with E-state index < -0.39 is 0 Å². The Bertz CT molecular complexity index is 2050. The Kier molecular flexibility index (Phi) is 3.93. The minimum absolute atomic E-state index is 0.343. The number of fused-ring (bicyclic) bond motifs is 13. The number of nitrogens with zero attached hydrogens (tertiary/aromatic N) is 1. The van der Waals surface area contributed by atoms with Crippen LogP contribution in [0.2, 0.25) is 0 Å². The molecule has 0 atom stereocenters. The van der Waals surface area contributed by atoms with E-state index in [9.17, 15) is 0 Å². The summed E-state index contributed by atoms with van der Waals surface area (Å²) in [7, 11) is 0. The summed E-state index contributed by atoms with van der Waals surface area (Å²) >= 11 is 1.92. The van der Waals surface area contributed by atoms with Crippen molar-refractivity contribution < 1.29 is 0 Å². The van der Waals surface area contributed by atoms with Gasteiger partial charge in [0.15, 0.2) is 0 Å². The first-order valence-electron chi connectivity index (χ1n) is 13.1. The number of thiophene rings is 1. The Balaban J connectivity index is 1.47. The van der Waals surface area contributed by atoms with Gasteiger partial charge in [0.2, 0.25) is 0 Å². The number of pyridine rings is 1. The molecule has 2 aromatic heterocycles. The molecule has 0 fully saturated rings. The van der Waals surface area contributed by atoms with Gasteiger partial charge in [-0.1, -0.05) is 109 Å². The summed E-state index contributed by atoms with van der Waals surface area (Å²) in [5.74, 6) is 0. The highest BCUT2D eigenvalue weighted by Crippen LogP contribution is 2.66. The van der Waals surface area contributed by atoms with Crippen LogP contribution in [-0.2, 0) is 5.41 Å². The summed E-state index contributed by atoms with van der Waals surface area (Å²) < 4.78 is 1.34. The predicted octanol–water partition coefficient (Wildman–Crippen LogP) is 9.46. The lowest BCUT2D eigenvalue weighted by atomic mass is 9.70. The number of hydrogen-bond acceptors (Lipinski definition) is 2. The van der Waals surface area contributed by atoms with Crippen LogP contribution in [-0.4, -0.2) is 4.98 Å². The Morgan fingerprint density at radius 1 is 0.526 bits per heavy atom. The Labute approximate surface area is 224 Å². The zero-order valence-corrected chi connectivity index (χ0v) is 21.3. The van der Waals surface area contributed by atoms with Crippen molar-refractivity contribution >= 4 is 32.3 Å². The largest absolute Gasteiger partial charge is 0.248 e. The van der Waals surface area contributed by atoms with E-state index in [2.05, 4.69) is 127 Å². The highest BCUT2D eigenvalue weighted by Gasteiger charge is 2.53. The van der Waals surface area contributed by atoms with Crippen LogP contribution in [0.4, 0.5) is 0 Å². The highest BCUT2D eigenvalue weighted by molar-refractivity contribution is 7.22. The third-order valence-corrected chi connectivity index (χ3v) is 9.68. The Hall–Kier alpha value is -4.53. The molecule has 2 heterocycles. The van der Waals surface area contributed by atoms with E-state index in [1.165, 1.54) is 64.9 Å². The van der Waals surface area contributed by atoms with E-state index in [0.29, 0.717) is 0 Å². The van der Waals surface area contributed by atoms with Crippen molar-refractivity contribution in [3.8, 4) is 32.8 Å². The van der Waals surface area contributed by atoms with Crippen LogP contribution in [0.15, 0.2) is 127 Å². The lowest BCUT2D eigenvalue weighted by Gasteiger charge is -2.30. The van der Waals surface area contributed by atoms with Gasteiger partial charge in [0.1, 0.15) is 0 Å². The van der Waals surface area contributed by atoms with Crippen molar-refractivity contribution in [3.05, 3.63) is 150 Å². The van der Waals surface area contributed by atoms with Crippen molar-refractivity contribution in [3.63, 3.8) is 0 Å². The Morgan fingerprint density at radius 3 is 2.03 bits per heavy atom. The molecular weight excluding hydrogens is 478 g/mol. The topological polar surface area (TPSA) is 12.9 Å². The number of benzene rings is 5. The molecule has 0 saturated heterocycles. The number of hydrogen-bond donors (Lipinski definition) is 0. The van der Waals surface area contributed by atoms with Gasteiger partial charge in [-0.25, -0.2) is 4.98 Å². The van der Waals surface area contributed by atoms with E-state index in [4.69, 9.17) is 4.98 Å². The highest BCUT2D eigenvalue weighted by atomic mass is 32.1. The van der Waals surface area contributed by atoms with Gasteiger partial charge in [-0.15, -0.1) is 11.3 Å². The van der Waals surface area contributed by atoms with Gasteiger partial charge >= 0.3 is 0 Å². The van der Waals surface area contributed by atoms with Crippen LogP contribution in [0.1, 0.15) is 22.3 Å². The first-order valence-corrected chi connectivity index (χ1v) is 13.9. The quantitative estimate of drug-likeness (QED) is 0.219. The van der Waals surface area contributed by atoms with Gasteiger partial charge < -0.3 is 0 Å². The van der Waals surface area contributed by atoms with Crippen LogP contribution in [0.5, 0.6) is 0 Å². The number of aromatic nitrogens is 1. The van der Waals surface area contributed by atoms with Gasteiger partial charge in [0.05, 0.1) is 16.6 Å². The summed E-state index contributed by atoms with van der Waals surface area (Å²) in [6.07, 6.45) is 0. The van der Waals surface area contributed by atoms with E-state index in [-0.39, 0.29) is 5.41 Å². The van der Waals surface area contributed by atoms with Gasteiger partial charge in [0, 0.05) is 26.1 Å². The molecule has 9 rings (SSSR count). The molecule has 0 radical (unpaired) electrons. The molecule has 2 heteroatoms. The summed E-state index contributed by atoms with van der Waals surface area (Å²) in [4.78, 5) is 6.53. The average molecular weight is 500 g/mol. The average Bonchev–Trinajstić information content (AvgIpc) is 3.60. The lowest BCUT2D eigenvalue weighted by molar-refractivity contribution is 0.803. The van der Waals surface area contributed by atoms with Crippen LogP contribution in [0, 0.1) is 0 Å². The van der Waals surface area contributed by atoms with Gasteiger partial charge in [-0.3, -0.25) is 0 Å². The maximum Gasteiger partial charge on any atom is 0.0740 e. The van der Waals surface area contributed by atoms with E-state index >= 15 is 0 Å². The molecule has 2 aliphatic rings. The van der Waals surface area contributed by atoms with Crippen molar-refractivity contribution in [2.75, 3.05) is 0 Å². The molecule has 0 unspecified atom stereocenters. The van der Waals surface area contributed by atoms with Crippen molar-refractivity contribution in [1.29, 1.82) is 0 Å². The van der Waals surface area contributed by atoms with Crippen LogP contribution >= 0.6 is 11.3 Å². The predicted molar refractivity (Wildman–Crippen MR) is 159 cm³/mol. The summed E-state index contributed by atoms with van der Waals surface area (Å²) in [6.45, 7) is 0. The fourth-order valence-corrected chi connectivity index (χ4v) is 8.40. The van der Waals surface area contributed by atoms with Gasteiger partial charge in [-0.05, 0) is 57.0 Å². The summed E-state index contributed by atoms with van der Waals surface area (Å²) in [5.41, 5.74) is 12.5. The second-order valence-electron chi connectivity index (χ2n) is 10.3. The first kappa shape index (κ1) is 20.5. The minimum atomic E-state index is -0.343. The zero-order valence-electron chi connectivity index (χ0n) is 20.5. The maximum absolute atomic E-state index is 5.16. The molecule has 0 bridgehead atoms. The van der Waals surface area contributed by atoms with Crippen LogP contribution in [0.25, 0.3) is 53.8 Å². The fraction of sp³-hybridized carbons (Fsp3) is 0.0278. The number of para-hydroxylation sites is 1. The van der Waals surface area contributed by atoms with Crippen molar-refractivity contribution in [2.45, 2.75) is 5.41 Å². The summed E-state index contributed by atoms with van der Waals surface area (Å²) in [5, 5.41) is 2.52. The standard InChI is InChI=1S/C36H21NS/c1-7-18-30-22(10-1)20-21-31(37-30)25-14-9-17-29-33(25)35-34(26-13-4-8-19-32(26)38-35)36(29)27-15-5-2-11-23(27)24-12-3-6-16-28(24)36/h1-21H.